The summed E-state index contributed by atoms with van der Waals surface area (Å²) in [5, 5.41) is 0. The van der Waals surface area contributed by atoms with Gasteiger partial charge in [-0.2, -0.15) is 0 Å². The number of benzene rings is 1. The Hall–Kier alpha value is -2.57. The van der Waals surface area contributed by atoms with Gasteiger partial charge in [-0.1, -0.05) is 13.0 Å². The molecule has 4 atom stereocenters. The largest absolute Gasteiger partial charge is 0.485 e. The lowest BCUT2D eigenvalue weighted by Gasteiger charge is -2.49. The number of fused-ring (bicyclic) bond motifs is 1. The van der Waals surface area contributed by atoms with Gasteiger partial charge in [0.05, 0.1) is 25.0 Å². The Kier molecular flexibility index (Phi) is 5.88. The van der Waals surface area contributed by atoms with Crippen molar-refractivity contribution in [3.63, 3.8) is 0 Å². The van der Waals surface area contributed by atoms with E-state index in [9.17, 15) is 14.4 Å². The molecule has 2 saturated carbocycles. The number of rotatable bonds is 4. The Balaban J connectivity index is 1.41. The number of nitrogens with zero attached hydrogens (tertiary/aromatic N) is 1. The van der Waals surface area contributed by atoms with Crippen molar-refractivity contribution in [3.8, 4) is 5.75 Å². The van der Waals surface area contributed by atoms with Crippen molar-refractivity contribution in [2.45, 2.75) is 76.9 Å². The van der Waals surface area contributed by atoms with E-state index < -0.39 is 11.2 Å². The molecule has 7 nitrogen and oxygen atoms in total. The summed E-state index contributed by atoms with van der Waals surface area (Å²) < 4.78 is 17.4. The van der Waals surface area contributed by atoms with Gasteiger partial charge < -0.3 is 19.1 Å². The van der Waals surface area contributed by atoms with Crippen molar-refractivity contribution >= 4 is 17.8 Å². The zero-order valence-electron chi connectivity index (χ0n) is 21.5. The lowest BCUT2D eigenvalue weighted by molar-refractivity contribution is -0.145. The summed E-state index contributed by atoms with van der Waals surface area (Å²) in [5.41, 5.74) is 0.530. The smallest absolute Gasteiger partial charge is 0.410 e. The molecule has 0 unspecified atom stereocenters. The summed E-state index contributed by atoms with van der Waals surface area (Å²) >= 11 is 0. The third-order valence-corrected chi connectivity index (χ3v) is 8.45. The number of hydrogen-bond acceptors (Lipinski definition) is 6. The van der Waals surface area contributed by atoms with Crippen molar-refractivity contribution in [1.82, 2.24) is 4.90 Å². The van der Waals surface area contributed by atoms with Crippen LogP contribution in [0.15, 0.2) is 18.2 Å². The molecule has 2 aliphatic heterocycles. The number of carbonyl (C=O) groups excluding carboxylic acids is 3. The zero-order valence-corrected chi connectivity index (χ0v) is 21.5. The van der Waals surface area contributed by atoms with Gasteiger partial charge in [-0.25, -0.2) is 4.79 Å². The van der Waals surface area contributed by atoms with Crippen LogP contribution in [0.3, 0.4) is 0 Å². The molecule has 4 aliphatic rings. The summed E-state index contributed by atoms with van der Waals surface area (Å²) in [5.74, 6) is 0.936. The third-order valence-electron chi connectivity index (χ3n) is 8.45. The second-order valence-electron chi connectivity index (χ2n) is 11.9. The van der Waals surface area contributed by atoms with E-state index in [0.29, 0.717) is 36.7 Å². The van der Waals surface area contributed by atoms with Crippen molar-refractivity contribution in [2.24, 2.45) is 23.7 Å². The Bertz CT molecular complexity index is 1020. The van der Waals surface area contributed by atoms with Crippen molar-refractivity contribution in [3.05, 3.63) is 29.3 Å². The van der Waals surface area contributed by atoms with E-state index in [2.05, 4.69) is 0 Å². The number of carbonyl (C=O) groups is 3. The summed E-state index contributed by atoms with van der Waals surface area (Å²) in [4.78, 5) is 40.2. The molecule has 0 radical (unpaired) electrons. The van der Waals surface area contributed by atoms with Crippen molar-refractivity contribution in [1.29, 1.82) is 0 Å². The molecule has 1 spiro atoms. The number of piperidine rings is 1. The number of hydrogen-bond donors (Lipinski definition) is 0. The Morgan fingerprint density at radius 3 is 2.34 bits per heavy atom. The minimum atomic E-state index is -0.579. The predicted octanol–water partition coefficient (Wildman–Crippen LogP) is 4.97. The summed E-state index contributed by atoms with van der Waals surface area (Å²) in [6.45, 7) is 8.62. The fourth-order valence-corrected chi connectivity index (χ4v) is 6.66. The predicted molar refractivity (Wildman–Crippen MR) is 129 cm³/mol. The minimum Gasteiger partial charge on any atom is -0.485 e. The first-order valence-corrected chi connectivity index (χ1v) is 12.9. The number of ether oxygens (including phenoxy) is 3. The highest BCUT2D eigenvalue weighted by Crippen LogP contribution is 2.54. The number of amides is 1. The first-order chi connectivity index (χ1) is 16.5. The molecule has 2 bridgehead atoms. The van der Waals surface area contributed by atoms with Crippen LogP contribution in [0.1, 0.15) is 81.6 Å². The number of methoxy groups -OCH3 is 1. The van der Waals surface area contributed by atoms with Crippen LogP contribution in [-0.4, -0.2) is 54.1 Å². The average Bonchev–Trinajstić information content (AvgIpc) is 3.60. The minimum absolute atomic E-state index is 0.0510. The molecule has 1 amide bonds. The summed E-state index contributed by atoms with van der Waals surface area (Å²) in [6, 6.07) is 5.85. The maximum atomic E-state index is 13.3. The summed E-state index contributed by atoms with van der Waals surface area (Å²) in [6.07, 6.45) is 4.10. The molecule has 2 heterocycles. The van der Waals surface area contributed by atoms with Crippen LogP contribution in [0.2, 0.25) is 0 Å². The zero-order chi connectivity index (χ0) is 25.1. The molecule has 3 fully saturated rings. The fourth-order valence-electron chi connectivity index (χ4n) is 6.66. The Morgan fingerprint density at radius 2 is 1.77 bits per heavy atom. The van der Waals surface area contributed by atoms with Gasteiger partial charge in [0.2, 0.25) is 0 Å². The van der Waals surface area contributed by atoms with Gasteiger partial charge in [-0.05, 0) is 76.0 Å². The monoisotopic (exact) mass is 483 g/mol. The van der Waals surface area contributed by atoms with Gasteiger partial charge in [-0.15, -0.1) is 0 Å². The molecule has 5 rings (SSSR count). The number of esters is 1. The lowest BCUT2D eigenvalue weighted by Crippen LogP contribution is -2.60. The third kappa shape index (κ3) is 4.31. The molecule has 0 aromatic heterocycles. The number of likely N-dealkylation sites (tertiary alicyclic amines) is 1. The van der Waals surface area contributed by atoms with Crippen molar-refractivity contribution in [2.75, 3.05) is 20.2 Å². The van der Waals surface area contributed by atoms with Gasteiger partial charge in [0.15, 0.2) is 5.78 Å². The molecule has 1 aromatic rings. The van der Waals surface area contributed by atoms with Crippen LogP contribution >= 0.6 is 0 Å². The molecular weight excluding hydrogens is 446 g/mol. The van der Waals surface area contributed by atoms with E-state index >= 15 is 0 Å². The van der Waals surface area contributed by atoms with Gasteiger partial charge in [0.1, 0.15) is 17.0 Å². The van der Waals surface area contributed by atoms with E-state index in [0.717, 1.165) is 31.2 Å². The van der Waals surface area contributed by atoms with E-state index in [1.54, 1.807) is 4.90 Å². The van der Waals surface area contributed by atoms with Crippen LogP contribution in [0.5, 0.6) is 5.75 Å². The van der Waals surface area contributed by atoms with E-state index in [1.165, 1.54) is 7.11 Å². The highest BCUT2D eigenvalue weighted by molar-refractivity contribution is 6.00. The average molecular weight is 484 g/mol. The topological polar surface area (TPSA) is 82.1 Å². The first-order valence-electron chi connectivity index (χ1n) is 12.9. The highest BCUT2D eigenvalue weighted by atomic mass is 16.6. The SMILES string of the molecule is COC(=O)[C@@H](C)[C@H](c1ccc2c(c1)OC1(CC2=O)[C@H]2CC[C@H]1CN(C(=O)OC(C)(C)C)C2)C1CC1. The van der Waals surface area contributed by atoms with Gasteiger partial charge in [0, 0.05) is 24.9 Å². The van der Waals surface area contributed by atoms with Gasteiger partial charge >= 0.3 is 12.1 Å². The molecule has 1 aromatic carbocycles. The van der Waals surface area contributed by atoms with Gasteiger partial charge in [-0.3, -0.25) is 9.59 Å². The van der Waals surface area contributed by atoms with Crippen LogP contribution in [-0.2, 0) is 14.3 Å². The van der Waals surface area contributed by atoms with E-state index in [-0.39, 0.29) is 41.5 Å². The quantitative estimate of drug-likeness (QED) is 0.563. The second-order valence-corrected chi connectivity index (χ2v) is 11.9. The molecule has 0 N–H and O–H groups in total. The standard InChI is InChI=1S/C28H37NO6/c1-16(25(31)33-5)24(17-6-7-17)18-8-11-21-22(30)13-28(34-23(21)12-18)19-9-10-20(28)15-29(14-19)26(32)35-27(2,3)4/h8,11-12,16-17,19-20,24H,6-7,9-10,13-15H2,1-5H3/t16-,19-,20-,24-/m0/s1. The van der Waals surface area contributed by atoms with Gasteiger partial charge in [0.25, 0.3) is 0 Å². The first kappa shape index (κ1) is 24.1. The van der Waals surface area contributed by atoms with Crippen LogP contribution < -0.4 is 4.74 Å². The Labute approximate surface area is 207 Å². The summed E-state index contributed by atoms with van der Waals surface area (Å²) in [7, 11) is 1.43. The number of Topliss-reactive ketones (excluding diaryl/α,β-unsaturated/α-hetero) is 1. The molecule has 190 valence electrons. The fraction of sp³-hybridized carbons (Fsp3) is 0.679. The molecule has 7 heteroatoms. The van der Waals surface area contributed by atoms with Crippen LogP contribution in [0.25, 0.3) is 0 Å². The van der Waals surface area contributed by atoms with Crippen molar-refractivity contribution < 1.29 is 28.6 Å². The molecule has 35 heavy (non-hydrogen) atoms. The maximum absolute atomic E-state index is 13.3. The van der Waals surface area contributed by atoms with Crippen LogP contribution in [0.4, 0.5) is 4.79 Å². The van der Waals surface area contributed by atoms with Crippen LogP contribution in [0, 0.1) is 23.7 Å². The maximum Gasteiger partial charge on any atom is 0.410 e. The second kappa shape index (κ2) is 8.52. The van der Waals surface area contributed by atoms with E-state index in [4.69, 9.17) is 14.2 Å². The lowest BCUT2D eigenvalue weighted by atomic mass is 9.74. The Morgan fingerprint density at radius 1 is 1.11 bits per heavy atom. The normalized spacial score (nSPS) is 29.3. The molecule has 1 saturated heterocycles. The van der Waals surface area contributed by atoms with E-state index in [1.807, 2.05) is 45.9 Å². The molecular formula is C28H37NO6. The molecule has 2 aliphatic carbocycles. The highest BCUT2D eigenvalue weighted by Gasteiger charge is 2.59. The number of ketones is 1.